The van der Waals surface area contributed by atoms with Gasteiger partial charge in [0.05, 0.1) is 13.2 Å². The molecule has 2 aliphatic rings. The number of benzene rings is 1. The van der Waals surface area contributed by atoms with Crippen LogP contribution in [0.2, 0.25) is 0 Å². The molecule has 1 N–H and O–H groups in total. The molecule has 1 atom stereocenters. The van der Waals surface area contributed by atoms with Crippen molar-refractivity contribution in [3.05, 3.63) is 35.4 Å². The highest BCUT2D eigenvalue weighted by Crippen LogP contribution is 2.18. The van der Waals surface area contributed by atoms with E-state index in [-0.39, 0.29) is 0 Å². The summed E-state index contributed by atoms with van der Waals surface area (Å²) < 4.78 is 5.35. The van der Waals surface area contributed by atoms with Gasteiger partial charge >= 0.3 is 0 Å². The Morgan fingerprint density at radius 2 is 1.79 bits per heavy atom. The van der Waals surface area contributed by atoms with Crippen molar-refractivity contribution >= 4 is 5.96 Å². The smallest absolute Gasteiger partial charge is 0.194 e. The number of nitrogens with one attached hydrogen (secondary N) is 1. The van der Waals surface area contributed by atoms with E-state index in [4.69, 9.17) is 9.73 Å². The van der Waals surface area contributed by atoms with Gasteiger partial charge in [-0.15, -0.1) is 0 Å². The molecule has 0 aromatic heterocycles. The average Bonchev–Trinajstić information content (AvgIpc) is 3.21. The maximum atomic E-state index is 5.35. The molecule has 2 heterocycles. The molecule has 29 heavy (non-hydrogen) atoms. The Labute approximate surface area is 176 Å². The number of nitrogens with zero attached hydrogens (tertiary/aromatic N) is 4. The number of likely N-dealkylation sites (N-methyl/N-ethyl adjacent to an activating group) is 1. The van der Waals surface area contributed by atoms with E-state index in [0.29, 0.717) is 5.92 Å². The van der Waals surface area contributed by atoms with Crippen molar-refractivity contribution in [2.75, 3.05) is 66.1 Å². The highest BCUT2D eigenvalue weighted by atomic mass is 16.5. The van der Waals surface area contributed by atoms with Crippen LogP contribution in [-0.2, 0) is 17.8 Å². The van der Waals surface area contributed by atoms with E-state index >= 15 is 0 Å². The molecule has 6 nitrogen and oxygen atoms in total. The number of aliphatic imine (C=N–C) groups is 1. The maximum Gasteiger partial charge on any atom is 0.194 e. The molecule has 1 aromatic rings. The molecule has 2 aliphatic heterocycles. The first kappa shape index (κ1) is 22.1. The van der Waals surface area contributed by atoms with Crippen molar-refractivity contribution in [2.24, 2.45) is 10.9 Å². The first-order chi connectivity index (χ1) is 14.2. The zero-order valence-electron chi connectivity index (χ0n) is 18.6. The highest BCUT2D eigenvalue weighted by Gasteiger charge is 2.24. The molecule has 0 amide bonds. The second kappa shape index (κ2) is 11.5. The molecular weight excluding hydrogens is 362 g/mol. The Kier molecular flexibility index (Phi) is 8.77. The van der Waals surface area contributed by atoms with Crippen LogP contribution < -0.4 is 5.32 Å². The molecule has 0 radical (unpaired) electrons. The zero-order valence-corrected chi connectivity index (χ0v) is 18.6. The summed E-state index contributed by atoms with van der Waals surface area (Å²) in [4.78, 5) is 12.5. The summed E-state index contributed by atoms with van der Waals surface area (Å²) in [7, 11) is 1.79. The Bertz CT molecular complexity index is 642. The van der Waals surface area contributed by atoms with Gasteiger partial charge in [0.25, 0.3) is 0 Å². The van der Waals surface area contributed by atoms with E-state index in [2.05, 4.69) is 58.1 Å². The molecule has 3 rings (SSSR count). The Balaban J connectivity index is 1.62. The van der Waals surface area contributed by atoms with Gasteiger partial charge in [-0.1, -0.05) is 31.2 Å². The summed E-state index contributed by atoms with van der Waals surface area (Å²) in [5.74, 6) is 1.65. The lowest BCUT2D eigenvalue weighted by Gasteiger charge is -2.34. The summed E-state index contributed by atoms with van der Waals surface area (Å²) in [6, 6.07) is 8.81. The fraction of sp³-hybridized carbons (Fsp3) is 0.696. The van der Waals surface area contributed by atoms with Gasteiger partial charge in [-0.2, -0.15) is 0 Å². The Hall–Kier alpha value is -1.63. The molecule has 2 fully saturated rings. The van der Waals surface area contributed by atoms with E-state index in [1.54, 1.807) is 7.11 Å². The van der Waals surface area contributed by atoms with Crippen LogP contribution in [0.5, 0.6) is 0 Å². The fourth-order valence-electron chi connectivity index (χ4n) is 4.35. The lowest BCUT2D eigenvalue weighted by molar-refractivity contribution is 0.131. The van der Waals surface area contributed by atoms with Crippen LogP contribution in [0.15, 0.2) is 29.3 Å². The molecule has 0 aliphatic carbocycles. The second-order valence-electron chi connectivity index (χ2n) is 8.21. The predicted molar refractivity (Wildman–Crippen MR) is 120 cm³/mol. The van der Waals surface area contributed by atoms with Gasteiger partial charge in [0.1, 0.15) is 0 Å². The first-order valence-electron chi connectivity index (χ1n) is 11.3. The van der Waals surface area contributed by atoms with Crippen molar-refractivity contribution in [2.45, 2.75) is 33.4 Å². The molecule has 0 saturated carbocycles. The third-order valence-corrected chi connectivity index (χ3v) is 6.15. The standard InChI is InChI=1S/C23H39N5O/c1-4-24-23(28-11-10-20(17-28)19-29-3)25-16-21-8-6-7-9-22(21)18-27-14-12-26(5-2)13-15-27/h6-9,20H,4-5,10-19H2,1-3H3,(H,24,25). The Morgan fingerprint density at radius 1 is 1.07 bits per heavy atom. The van der Waals surface area contributed by atoms with Crippen molar-refractivity contribution in [3.8, 4) is 0 Å². The zero-order chi connectivity index (χ0) is 20.5. The van der Waals surface area contributed by atoms with Crippen LogP contribution in [0.3, 0.4) is 0 Å². The van der Waals surface area contributed by atoms with Crippen molar-refractivity contribution in [3.63, 3.8) is 0 Å². The quantitative estimate of drug-likeness (QED) is 0.535. The fourth-order valence-corrected chi connectivity index (χ4v) is 4.35. The number of likely N-dealkylation sites (tertiary alicyclic amines) is 1. The van der Waals surface area contributed by atoms with Crippen LogP contribution in [0.1, 0.15) is 31.4 Å². The molecule has 1 aromatic carbocycles. The summed E-state index contributed by atoms with van der Waals surface area (Å²) >= 11 is 0. The predicted octanol–water partition coefficient (Wildman–Crippen LogP) is 2.26. The maximum absolute atomic E-state index is 5.35. The van der Waals surface area contributed by atoms with E-state index < -0.39 is 0 Å². The number of piperazine rings is 1. The molecule has 1 unspecified atom stereocenters. The number of hydrogen-bond acceptors (Lipinski definition) is 4. The van der Waals surface area contributed by atoms with Crippen LogP contribution in [0.4, 0.5) is 0 Å². The van der Waals surface area contributed by atoms with Crippen LogP contribution >= 0.6 is 0 Å². The molecule has 0 bridgehead atoms. The molecule has 162 valence electrons. The number of ether oxygens (including phenoxy) is 1. The summed E-state index contributed by atoms with van der Waals surface area (Å²) in [6.45, 7) is 15.8. The number of methoxy groups -OCH3 is 1. The van der Waals surface area contributed by atoms with Crippen LogP contribution in [0.25, 0.3) is 0 Å². The van der Waals surface area contributed by atoms with E-state index in [9.17, 15) is 0 Å². The summed E-state index contributed by atoms with van der Waals surface area (Å²) in [5, 5.41) is 3.49. The number of rotatable bonds is 8. The van der Waals surface area contributed by atoms with E-state index in [1.807, 2.05) is 0 Å². The number of guanidine groups is 1. The minimum Gasteiger partial charge on any atom is -0.384 e. The third kappa shape index (κ3) is 6.43. The summed E-state index contributed by atoms with van der Waals surface area (Å²) in [5.41, 5.74) is 2.75. The largest absolute Gasteiger partial charge is 0.384 e. The van der Waals surface area contributed by atoms with E-state index in [1.165, 1.54) is 30.6 Å². The van der Waals surface area contributed by atoms with Gasteiger partial charge in [0.2, 0.25) is 0 Å². The molecular formula is C23H39N5O. The lowest BCUT2D eigenvalue weighted by Crippen LogP contribution is -2.45. The lowest BCUT2D eigenvalue weighted by atomic mass is 10.1. The Morgan fingerprint density at radius 3 is 2.48 bits per heavy atom. The topological polar surface area (TPSA) is 43.3 Å². The van der Waals surface area contributed by atoms with Gasteiger partial charge in [0, 0.05) is 65.4 Å². The molecule has 0 spiro atoms. The van der Waals surface area contributed by atoms with Gasteiger partial charge in [0.15, 0.2) is 5.96 Å². The van der Waals surface area contributed by atoms with Crippen LogP contribution in [0, 0.1) is 5.92 Å². The number of hydrogen-bond donors (Lipinski definition) is 1. The van der Waals surface area contributed by atoms with Gasteiger partial charge < -0.3 is 19.9 Å². The normalized spacial score (nSPS) is 21.7. The van der Waals surface area contributed by atoms with Crippen LogP contribution in [-0.4, -0.2) is 86.7 Å². The minimum absolute atomic E-state index is 0.609. The minimum atomic E-state index is 0.609. The van der Waals surface area contributed by atoms with Gasteiger partial charge in [-0.25, -0.2) is 4.99 Å². The van der Waals surface area contributed by atoms with Gasteiger partial charge in [-0.3, -0.25) is 4.90 Å². The van der Waals surface area contributed by atoms with E-state index in [0.717, 1.165) is 64.9 Å². The SMILES string of the molecule is CCNC(=NCc1ccccc1CN1CCN(CC)CC1)N1CCC(COC)C1. The monoisotopic (exact) mass is 401 g/mol. The van der Waals surface area contributed by atoms with Crippen molar-refractivity contribution in [1.29, 1.82) is 0 Å². The van der Waals surface area contributed by atoms with Crippen molar-refractivity contribution in [1.82, 2.24) is 20.0 Å². The van der Waals surface area contributed by atoms with Gasteiger partial charge in [-0.05, 0) is 31.0 Å². The second-order valence-corrected chi connectivity index (χ2v) is 8.21. The summed E-state index contributed by atoms with van der Waals surface area (Å²) in [6.07, 6.45) is 1.18. The van der Waals surface area contributed by atoms with Crippen molar-refractivity contribution < 1.29 is 4.74 Å². The molecule has 6 heteroatoms. The molecule has 2 saturated heterocycles. The third-order valence-electron chi connectivity index (χ3n) is 6.15. The first-order valence-corrected chi connectivity index (χ1v) is 11.3. The highest BCUT2D eigenvalue weighted by molar-refractivity contribution is 5.80. The average molecular weight is 402 g/mol.